The maximum Gasteiger partial charge on any atom is 0.247 e. The molecule has 9 heteroatoms. The zero-order chi connectivity index (χ0) is 18.0. The van der Waals surface area contributed by atoms with E-state index in [1.165, 1.54) is 6.20 Å². The van der Waals surface area contributed by atoms with Gasteiger partial charge in [-0.15, -0.1) is 5.10 Å². The Kier molecular flexibility index (Phi) is 5.10. The lowest BCUT2D eigenvalue weighted by Gasteiger charge is -2.26. The molecule has 1 aromatic carbocycles. The second kappa shape index (κ2) is 7.13. The summed E-state index contributed by atoms with van der Waals surface area (Å²) in [4.78, 5) is 6.40. The van der Waals surface area contributed by atoms with Gasteiger partial charge in [0.05, 0.1) is 17.7 Å². The molecular weight excluding hydrogens is 362 g/mol. The summed E-state index contributed by atoms with van der Waals surface area (Å²) in [6.07, 6.45) is 2.12. The van der Waals surface area contributed by atoms with Gasteiger partial charge in [0.2, 0.25) is 5.95 Å². The average Bonchev–Trinajstić information content (AvgIpc) is 2.92. The first-order valence-corrected chi connectivity index (χ1v) is 10.3. The minimum atomic E-state index is -2.98. The van der Waals surface area contributed by atoms with E-state index in [1.54, 1.807) is 0 Å². The van der Waals surface area contributed by atoms with Crippen LogP contribution in [-0.2, 0) is 9.84 Å². The van der Waals surface area contributed by atoms with Crippen LogP contribution in [0.3, 0.4) is 0 Å². The number of nitrogens with one attached hydrogen (secondary N) is 1. The molecular formula is C16H20ClN5O2S. The molecule has 0 spiro atoms. The lowest BCUT2D eigenvalue weighted by Crippen LogP contribution is -2.37. The van der Waals surface area contributed by atoms with Crippen LogP contribution in [0.5, 0.6) is 0 Å². The highest BCUT2D eigenvalue weighted by Crippen LogP contribution is 2.25. The molecule has 0 radical (unpaired) electrons. The number of hydrogen-bond donors (Lipinski definition) is 1. The summed E-state index contributed by atoms with van der Waals surface area (Å²) in [5.74, 6) is 1.31. The van der Waals surface area contributed by atoms with Crippen molar-refractivity contribution in [3.8, 4) is 0 Å². The summed E-state index contributed by atoms with van der Waals surface area (Å²) in [6.45, 7) is 4.53. The van der Waals surface area contributed by atoms with Gasteiger partial charge < -0.3 is 10.2 Å². The summed E-state index contributed by atoms with van der Waals surface area (Å²) in [5, 5.41) is 11.9. The Hall–Kier alpha value is -1.93. The zero-order valence-electron chi connectivity index (χ0n) is 14.1. The Balaban J connectivity index is 1.84. The fourth-order valence-electron chi connectivity index (χ4n) is 2.93. The third-order valence-electron chi connectivity index (χ3n) is 4.26. The molecule has 2 aromatic rings. The third kappa shape index (κ3) is 4.19. The number of benzene rings is 1. The van der Waals surface area contributed by atoms with Crippen LogP contribution in [0.15, 0.2) is 24.4 Å². The molecule has 0 bridgehead atoms. The van der Waals surface area contributed by atoms with E-state index in [1.807, 2.05) is 36.9 Å². The molecule has 3 rings (SSSR count). The minimum absolute atomic E-state index is 0.111. The highest BCUT2D eigenvalue weighted by molar-refractivity contribution is 7.91. The molecule has 1 aliphatic rings. The standard InChI is InChI=1S/C16H20ClN5O2S/c1-3-22(13-6-7-25(23,24)10-13)16-20-15(9-18-21-16)19-14-8-12(17)5-4-11(14)2/h4-5,8-9,13H,3,6-7,10H2,1-2H3,(H,19,20,21). The second-order valence-electron chi connectivity index (χ2n) is 6.07. The van der Waals surface area contributed by atoms with Crippen molar-refractivity contribution in [1.82, 2.24) is 15.2 Å². The van der Waals surface area contributed by atoms with Crippen LogP contribution in [0.4, 0.5) is 17.5 Å². The van der Waals surface area contributed by atoms with Crippen LogP contribution < -0.4 is 10.2 Å². The fraction of sp³-hybridized carbons (Fsp3) is 0.438. The molecule has 0 amide bonds. The van der Waals surface area contributed by atoms with Gasteiger partial charge in [-0.3, -0.25) is 0 Å². The van der Waals surface area contributed by atoms with Gasteiger partial charge in [0.15, 0.2) is 15.7 Å². The molecule has 1 N–H and O–H groups in total. The Morgan fingerprint density at radius 3 is 2.88 bits per heavy atom. The number of aromatic nitrogens is 3. The van der Waals surface area contributed by atoms with Gasteiger partial charge in [-0.25, -0.2) is 8.42 Å². The maximum absolute atomic E-state index is 11.8. The van der Waals surface area contributed by atoms with Gasteiger partial charge in [-0.2, -0.15) is 10.1 Å². The smallest absolute Gasteiger partial charge is 0.247 e. The first-order valence-electron chi connectivity index (χ1n) is 8.08. The summed E-state index contributed by atoms with van der Waals surface area (Å²) in [6, 6.07) is 5.45. The zero-order valence-corrected chi connectivity index (χ0v) is 15.7. The average molecular weight is 382 g/mol. The van der Waals surface area contributed by atoms with Gasteiger partial charge in [-0.05, 0) is 38.0 Å². The predicted molar refractivity (Wildman–Crippen MR) is 99.4 cm³/mol. The van der Waals surface area contributed by atoms with Gasteiger partial charge in [0.25, 0.3) is 0 Å². The molecule has 7 nitrogen and oxygen atoms in total. The highest BCUT2D eigenvalue weighted by Gasteiger charge is 2.33. The lowest BCUT2D eigenvalue weighted by atomic mass is 10.2. The number of nitrogens with zero attached hydrogens (tertiary/aromatic N) is 4. The monoisotopic (exact) mass is 381 g/mol. The summed E-state index contributed by atoms with van der Waals surface area (Å²) in [7, 11) is -2.98. The second-order valence-corrected chi connectivity index (χ2v) is 8.73. The van der Waals surface area contributed by atoms with E-state index in [9.17, 15) is 8.42 Å². The van der Waals surface area contributed by atoms with Crippen LogP contribution >= 0.6 is 11.6 Å². The number of rotatable bonds is 5. The molecule has 1 aliphatic heterocycles. The van der Waals surface area contributed by atoms with Crippen LogP contribution in [0.25, 0.3) is 0 Å². The molecule has 1 aromatic heterocycles. The molecule has 1 saturated heterocycles. The van der Waals surface area contributed by atoms with E-state index in [4.69, 9.17) is 11.6 Å². The van der Waals surface area contributed by atoms with Crippen molar-refractivity contribution >= 4 is 38.9 Å². The van der Waals surface area contributed by atoms with Crippen molar-refractivity contribution in [3.05, 3.63) is 35.0 Å². The number of anilines is 3. The summed E-state index contributed by atoms with van der Waals surface area (Å²) in [5.41, 5.74) is 1.87. The molecule has 25 heavy (non-hydrogen) atoms. The van der Waals surface area contributed by atoms with Crippen molar-refractivity contribution in [3.63, 3.8) is 0 Å². The molecule has 1 unspecified atom stereocenters. The van der Waals surface area contributed by atoms with Gasteiger partial charge in [0.1, 0.15) is 0 Å². The third-order valence-corrected chi connectivity index (χ3v) is 6.24. The van der Waals surface area contributed by atoms with Crippen molar-refractivity contribution in [1.29, 1.82) is 0 Å². The first-order chi connectivity index (χ1) is 11.9. The van der Waals surface area contributed by atoms with Crippen LogP contribution in [0.1, 0.15) is 18.9 Å². The van der Waals surface area contributed by atoms with Gasteiger partial charge in [0, 0.05) is 23.3 Å². The lowest BCUT2D eigenvalue weighted by molar-refractivity contribution is 0.598. The van der Waals surface area contributed by atoms with Crippen molar-refractivity contribution in [2.24, 2.45) is 0 Å². The molecule has 134 valence electrons. The Bertz CT molecular complexity index is 875. The minimum Gasteiger partial charge on any atom is -0.339 e. The van der Waals surface area contributed by atoms with E-state index in [2.05, 4.69) is 20.5 Å². The molecule has 2 heterocycles. The summed E-state index contributed by atoms with van der Waals surface area (Å²) >= 11 is 6.05. The SMILES string of the molecule is CCN(c1nncc(Nc2cc(Cl)ccc2C)n1)C1CCS(=O)(=O)C1. The van der Waals surface area contributed by atoms with Gasteiger partial charge in [-0.1, -0.05) is 17.7 Å². The largest absolute Gasteiger partial charge is 0.339 e. The van der Waals surface area contributed by atoms with Crippen molar-refractivity contribution < 1.29 is 8.42 Å². The Labute approximate surface area is 152 Å². The van der Waals surface area contributed by atoms with E-state index in [-0.39, 0.29) is 17.5 Å². The number of sulfone groups is 1. The van der Waals surface area contributed by atoms with Crippen molar-refractivity contribution in [2.45, 2.75) is 26.3 Å². The van der Waals surface area contributed by atoms with E-state index in [0.717, 1.165) is 11.3 Å². The van der Waals surface area contributed by atoms with E-state index >= 15 is 0 Å². The van der Waals surface area contributed by atoms with E-state index in [0.29, 0.717) is 29.8 Å². The molecule has 0 aliphatic carbocycles. The topological polar surface area (TPSA) is 88.1 Å². The van der Waals surface area contributed by atoms with Crippen molar-refractivity contribution in [2.75, 3.05) is 28.3 Å². The highest BCUT2D eigenvalue weighted by atomic mass is 35.5. The normalized spacial score (nSPS) is 18.9. The number of halogens is 1. The Morgan fingerprint density at radius 1 is 1.40 bits per heavy atom. The predicted octanol–water partition coefficient (Wildman–Crippen LogP) is 2.59. The fourth-order valence-corrected chi connectivity index (χ4v) is 4.83. The van der Waals surface area contributed by atoms with Gasteiger partial charge >= 0.3 is 0 Å². The number of aryl methyl sites for hydroxylation is 1. The maximum atomic E-state index is 11.8. The summed E-state index contributed by atoms with van der Waals surface area (Å²) < 4.78 is 23.5. The quantitative estimate of drug-likeness (QED) is 0.851. The molecule has 1 atom stereocenters. The Morgan fingerprint density at radius 2 is 2.20 bits per heavy atom. The van der Waals surface area contributed by atoms with Crippen LogP contribution in [0.2, 0.25) is 5.02 Å². The van der Waals surface area contributed by atoms with E-state index < -0.39 is 9.84 Å². The van der Waals surface area contributed by atoms with Crippen LogP contribution in [-0.4, -0.2) is 47.7 Å². The first kappa shape index (κ1) is 17.9. The van der Waals surface area contributed by atoms with Crippen LogP contribution in [0, 0.1) is 6.92 Å². The molecule has 1 fully saturated rings. The molecule has 0 saturated carbocycles. The number of hydrogen-bond acceptors (Lipinski definition) is 7.